The minimum Gasteiger partial charge on any atom is -0.0688 e. The standard InChI is InChI=1S/C60H92P6/c1-40-21-12-13-22-41(2)61(40)56-28-17-19-30-58(56)66-44(5)23-14-15-26-52(66)38-51-34-36-59(60(39-51)63-42(3)24-20-25-43(63)4)64-47(8)33-35-53(49(64)10)54-37-48(9)65(50(54)11)57-29-18-16-27-55(57)62-45(6)31-32-46(62)7/h16-19,27-30,34,36,39-50,52-54H,12-15,20-26,31-33,35,37-38H2,1-11H3/t40-,41+,42-,43+,44-,45-,46+,47-,48+,49+,50-,52-,53?,54?,61?,62?,63?,64?,65?,66?/m1/s1. The molecule has 6 saturated heterocycles. The van der Waals surface area contributed by atoms with Crippen molar-refractivity contribution in [3.8, 4) is 0 Å². The van der Waals surface area contributed by atoms with Crippen LogP contribution in [0.15, 0.2) is 66.7 Å². The van der Waals surface area contributed by atoms with E-state index in [0.29, 0.717) is 0 Å². The van der Waals surface area contributed by atoms with Crippen molar-refractivity contribution in [3.05, 3.63) is 72.3 Å². The first-order chi connectivity index (χ1) is 31.8. The van der Waals surface area contributed by atoms with Gasteiger partial charge in [0.1, 0.15) is 0 Å². The maximum Gasteiger partial charge on any atom is -0.0126 e. The summed E-state index contributed by atoms with van der Waals surface area (Å²) in [4.78, 5) is 0. The molecule has 6 heteroatoms. The van der Waals surface area contributed by atoms with Gasteiger partial charge >= 0.3 is 0 Å². The lowest BCUT2D eigenvalue weighted by Gasteiger charge is -2.47. The maximum absolute atomic E-state index is 2.95. The Bertz CT molecular complexity index is 2030. The topological polar surface area (TPSA) is 0 Å². The van der Waals surface area contributed by atoms with Crippen LogP contribution < -0.4 is 31.8 Å². The molecular weight excluding hydrogens is 907 g/mol. The van der Waals surface area contributed by atoms with Gasteiger partial charge in [-0.3, -0.25) is 0 Å². The van der Waals surface area contributed by atoms with Gasteiger partial charge in [-0.25, -0.2) is 0 Å². The van der Waals surface area contributed by atoms with Gasteiger partial charge in [0.25, 0.3) is 0 Å². The molecule has 0 saturated carbocycles. The van der Waals surface area contributed by atoms with Crippen LogP contribution in [0.5, 0.6) is 0 Å². The summed E-state index contributed by atoms with van der Waals surface area (Å²) in [5, 5.41) is 11.2. The highest BCUT2D eigenvalue weighted by molar-refractivity contribution is 7.75. The van der Waals surface area contributed by atoms with Gasteiger partial charge in [0, 0.05) is 0 Å². The Morgan fingerprint density at radius 1 is 0.333 bits per heavy atom. The highest BCUT2D eigenvalue weighted by Crippen LogP contribution is 2.66. The third-order valence-corrected chi connectivity index (χ3v) is 39.7. The van der Waals surface area contributed by atoms with Crippen molar-refractivity contribution in [1.82, 2.24) is 0 Å². The molecule has 3 aromatic carbocycles. The van der Waals surface area contributed by atoms with Gasteiger partial charge in [0.2, 0.25) is 0 Å². The summed E-state index contributed by atoms with van der Waals surface area (Å²) >= 11 is 0. The second-order valence-corrected chi connectivity index (χ2v) is 41.5. The zero-order chi connectivity index (χ0) is 46.4. The lowest BCUT2D eigenvalue weighted by molar-refractivity contribution is 0.286. The zero-order valence-corrected chi connectivity index (χ0v) is 49.0. The van der Waals surface area contributed by atoms with Crippen LogP contribution in [-0.4, -0.2) is 67.9 Å². The molecule has 0 spiro atoms. The third-order valence-electron chi connectivity index (χ3n) is 19.0. The molecule has 0 aromatic heterocycles. The van der Waals surface area contributed by atoms with Crippen LogP contribution in [0.2, 0.25) is 0 Å². The molecule has 6 aliphatic heterocycles. The molecule has 6 heterocycles. The van der Waals surface area contributed by atoms with Gasteiger partial charge in [0.05, 0.1) is 0 Å². The first kappa shape index (κ1) is 51.2. The Balaban J connectivity index is 1.04. The van der Waals surface area contributed by atoms with Crippen LogP contribution in [0.3, 0.4) is 0 Å². The molecule has 6 fully saturated rings. The van der Waals surface area contributed by atoms with E-state index in [1.807, 2.05) is 31.8 Å². The third kappa shape index (κ3) is 10.4. The van der Waals surface area contributed by atoms with Gasteiger partial charge in [0.15, 0.2) is 0 Å². The lowest BCUT2D eigenvalue weighted by Crippen LogP contribution is -2.41. The highest BCUT2D eigenvalue weighted by atomic mass is 31.1. The molecule has 66 heavy (non-hydrogen) atoms. The van der Waals surface area contributed by atoms with Crippen LogP contribution in [0, 0.1) is 11.8 Å². The summed E-state index contributed by atoms with van der Waals surface area (Å²) in [5.41, 5.74) is 11.8. The van der Waals surface area contributed by atoms with Crippen molar-refractivity contribution in [2.45, 2.75) is 253 Å². The van der Waals surface area contributed by atoms with Crippen molar-refractivity contribution in [1.29, 1.82) is 0 Å². The summed E-state index contributed by atoms with van der Waals surface area (Å²) < 4.78 is 0. The van der Waals surface area contributed by atoms with Crippen LogP contribution in [0.25, 0.3) is 0 Å². The number of hydrogen-bond donors (Lipinski definition) is 0. The predicted octanol–water partition coefficient (Wildman–Crippen LogP) is 16.5. The quantitative estimate of drug-likeness (QED) is 0.187. The molecule has 0 radical (unpaired) electrons. The maximum atomic E-state index is 2.95. The molecule has 362 valence electrons. The van der Waals surface area contributed by atoms with Crippen molar-refractivity contribution in [2.24, 2.45) is 11.8 Å². The van der Waals surface area contributed by atoms with E-state index < -0.39 is 0 Å². The van der Waals surface area contributed by atoms with Crippen molar-refractivity contribution in [3.63, 3.8) is 0 Å². The van der Waals surface area contributed by atoms with E-state index >= 15 is 0 Å². The van der Waals surface area contributed by atoms with Crippen molar-refractivity contribution >= 4 is 79.4 Å². The Morgan fingerprint density at radius 2 is 0.712 bits per heavy atom. The van der Waals surface area contributed by atoms with Crippen molar-refractivity contribution in [2.75, 3.05) is 0 Å². The van der Waals surface area contributed by atoms with E-state index in [2.05, 4.69) is 143 Å². The fraction of sp³-hybridized carbons (Fsp3) is 0.700. The molecule has 0 N–H and O–H groups in total. The molecule has 8 unspecified atom stereocenters. The SMILES string of the molecule is C[C@@H]1CCCC[C@H](Cc2ccc(P3[C@H](C)CCC(C4C[C@H](C)P(c5ccccc5P5[C@H](C)CC[C@@H]5C)[C@@H]4C)[C@@H]3C)c(P3[C@H](C)CCC[C@@H]3C)c2)P1c1ccccc1P1[C@H](C)CCCC[C@@H]1C. The highest BCUT2D eigenvalue weighted by Gasteiger charge is 2.49. The molecule has 0 amide bonds. The minimum atomic E-state index is -0.234. The summed E-state index contributed by atoms with van der Waals surface area (Å²) in [5.74, 6) is 1.75. The predicted molar refractivity (Wildman–Crippen MR) is 311 cm³/mol. The second-order valence-electron chi connectivity index (χ2n) is 23.4. The minimum absolute atomic E-state index is 0.0496. The van der Waals surface area contributed by atoms with E-state index in [4.69, 9.17) is 0 Å². The van der Waals surface area contributed by atoms with Crippen LogP contribution >= 0.6 is 47.5 Å². The van der Waals surface area contributed by atoms with E-state index in [0.717, 1.165) is 79.7 Å². The monoisotopic (exact) mass is 999 g/mol. The van der Waals surface area contributed by atoms with Crippen LogP contribution in [0.4, 0.5) is 0 Å². The molecule has 3 aromatic rings. The van der Waals surface area contributed by atoms with Crippen LogP contribution in [-0.2, 0) is 6.42 Å². The molecule has 0 bridgehead atoms. The van der Waals surface area contributed by atoms with E-state index in [9.17, 15) is 0 Å². The summed E-state index contributed by atoms with van der Waals surface area (Å²) in [6, 6.07) is 28.7. The molecule has 9 rings (SSSR count). The Hall–Kier alpha value is 0.240. The number of hydrogen-bond acceptors (Lipinski definition) is 0. The first-order valence-electron chi connectivity index (χ1n) is 27.8. The van der Waals surface area contributed by atoms with Crippen LogP contribution in [0.1, 0.15) is 184 Å². The largest absolute Gasteiger partial charge is 0.0688 e. The van der Waals surface area contributed by atoms with E-state index in [-0.39, 0.29) is 47.5 Å². The second kappa shape index (κ2) is 22.6. The van der Waals surface area contributed by atoms with Gasteiger partial charge in [-0.05, 0) is 194 Å². The smallest absolute Gasteiger partial charge is 0.0126 e. The number of rotatable bonds is 9. The number of benzene rings is 3. The van der Waals surface area contributed by atoms with E-state index in [1.165, 1.54) is 109 Å². The first-order valence-corrected chi connectivity index (χ1v) is 36.7. The fourth-order valence-corrected chi connectivity index (χ4v) is 38.3. The molecule has 20 atom stereocenters. The van der Waals surface area contributed by atoms with Gasteiger partial charge in [-0.2, -0.15) is 0 Å². The molecular formula is C60H92P6. The van der Waals surface area contributed by atoms with Gasteiger partial charge < -0.3 is 0 Å². The van der Waals surface area contributed by atoms with Gasteiger partial charge in [-0.15, -0.1) is 0 Å². The zero-order valence-electron chi connectivity index (χ0n) is 43.6. The Kier molecular flexibility index (Phi) is 17.5. The normalized spacial score (nSPS) is 42.5. The fourth-order valence-electron chi connectivity index (χ4n) is 15.7. The molecule has 0 nitrogen and oxygen atoms in total. The van der Waals surface area contributed by atoms with Gasteiger partial charge in [-0.1, -0.05) is 223 Å². The Labute approximate surface area is 414 Å². The molecule has 0 aliphatic carbocycles. The van der Waals surface area contributed by atoms with E-state index in [1.54, 1.807) is 5.56 Å². The summed E-state index contributed by atoms with van der Waals surface area (Å²) in [7, 11) is -0.963. The summed E-state index contributed by atoms with van der Waals surface area (Å²) in [6.45, 7) is 29.4. The average molecular weight is 999 g/mol. The lowest BCUT2D eigenvalue weighted by atomic mass is 9.81. The summed E-state index contributed by atoms with van der Waals surface area (Å²) in [6.07, 6.45) is 24.3. The molecule has 6 aliphatic rings. The van der Waals surface area contributed by atoms with Crippen molar-refractivity contribution < 1.29 is 0 Å². The Morgan fingerprint density at radius 3 is 1.27 bits per heavy atom. The average Bonchev–Trinajstić information content (AvgIpc) is 3.63.